The highest BCUT2D eigenvalue weighted by molar-refractivity contribution is 6.02. The second-order valence-electron chi connectivity index (χ2n) is 7.44. The van der Waals surface area contributed by atoms with E-state index in [9.17, 15) is 24.9 Å². The summed E-state index contributed by atoms with van der Waals surface area (Å²) in [5.41, 5.74) is -1.56. The maximum atomic E-state index is 12.6. The van der Waals surface area contributed by atoms with Crippen LogP contribution in [0, 0.1) is 17.8 Å². The first-order valence-corrected chi connectivity index (χ1v) is 8.71. The molecule has 0 saturated heterocycles. The van der Waals surface area contributed by atoms with Gasteiger partial charge in [-0.2, -0.15) is 0 Å². The third-order valence-electron chi connectivity index (χ3n) is 5.17. The highest BCUT2D eigenvalue weighted by atomic mass is 16.3. The summed E-state index contributed by atoms with van der Waals surface area (Å²) in [6.07, 6.45) is 2.10. The lowest BCUT2D eigenvalue weighted by Gasteiger charge is -2.43. The SMILES string of the molecule is CC(C)[C@@H]1CC[C@@H](C)C[C@@]1(O)C(=O)NCC(=O)c1cccc(O)c1O. The number of carbonyl (C=O) groups is 2. The molecule has 0 aliphatic heterocycles. The van der Waals surface area contributed by atoms with Crippen molar-refractivity contribution in [1.82, 2.24) is 5.32 Å². The van der Waals surface area contributed by atoms with Crippen molar-refractivity contribution in [3.05, 3.63) is 23.8 Å². The maximum Gasteiger partial charge on any atom is 0.252 e. The predicted octanol–water partition coefficient (Wildman–Crippen LogP) is 2.22. The van der Waals surface area contributed by atoms with Crippen molar-refractivity contribution in [2.45, 2.75) is 45.6 Å². The summed E-state index contributed by atoms with van der Waals surface area (Å²) in [5, 5.41) is 32.7. The summed E-state index contributed by atoms with van der Waals surface area (Å²) in [6, 6.07) is 4.08. The monoisotopic (exact) mass is 349 g/mol. The number of benzene rings is 1. The van der Waals surface area contributed by atoms with Crippen molar-refractivity contribution in [2.24, 2.45) is 17.8 Å². The molecule has 1 aliphatic rings. The van der Waals surface area contributed by atoms with Crippen LogP contribution in [0.15, 0.2) is 18.2 Å². The Morgan fingerprint density at radius 2 is 1.96 bits per heavy atom. The molecular formula is C19H27NO5. The Hall–Kier alpha value is -2.08. The van der Waals surface area contributed by atoms with Crippen molar-refractivity contribution in [1.29, 1.82) is 0 Å². The smallest absolute Gasteiger partial charge is 0.252 e. The van der Waals surface area contributed by atoms with E-state index in [-0.39, 0.29) is 29.9 Å². The van der Waals surface area contributed by atoms with E-state index >= 15 is 0 Å². The van der Waals surface area contributed by atoms with Gasteiger partial charge in [0.2, 0.25) is 0 Å². The summed E-state index contributed by atoms with van der Waals surface area (Å²) in [5.74, 6) is -1.76. The molecule has 1 amide bonds. The first-order chi connectivity index (χ1) is 11.7. The molecule has 4 N–H and O–H groups in total. The van der Waals surface area contributed by atoms with E-state index in [4.69, 9.17) is 0 Å². The Balaban J connectivity index is 2.09. The van der Waals surface area contributed by atoms with Crippen LogP contribution in [0.2, 0.25) is 0 Å². The van der Waals surface area contributed by atoms with E-state index in [0.29, 0.717) is 6.42 Å². The molecule has 1 saturated carbocycles. The van der Waals surface area contributed by atoms with E-state index in [2.05, 4.69) is 5.32 Å². The fraction of sp³-hybridized carbons (Fsp3) is 0.579. The van der Waals surface area contributed by atoms with Gasteiger partial charge in [-0.25, -0.2) is 0 Å². The van der Waals surface area contributed by atoms with E-state index < -0.39 is 28.8 Å². The molecule has 6 nitrogen and oxygen atoms in total. The molecule has 0 bridgehead atoms. The minimum Gasteiger partial charge on any atom is -0.504 e. The number of amides is 1. The minimum atomic E-state index is -1.49. The Kier molecular flexibility index (Phi) is 5.72. The van der Waals surface area contributed by atoms with Gasteiger partial charge in [0.05, 0.1) is 12.1 Å². The van der Waals surface area contributed by atoms with Crippen LogP contribution in [0.4, 0.5) is 0 Å². The zero-order valence-electron chi connectivity index (χ0n) is 15.0. The van der Waals surface area contributed by atoms with Gasteiger partial charge in [0.1, 0.15) is 5.60 Å². The Morgan fingerprint density at radius 3 is 2.60 bits per heavy atom. The van der Waals surface area contributed by atoms with Gasteiger partial charge < -0.3 is 20.6 Å². The number of para-hydroxylation sites is 1. The number of phenols is 2. The number of nitrogens with one attached hydrogen (secondary N) is 1. The standard InChI is InChI=1S/C19H27NO5/c1-11(2)14-8-7-12(3)9-19(14,25)18(24)20-10-16(22)13-5-4-6-15(21)17(13)23/h4-6,11-12,14,21,23,25H,7-10H2,1-3H3,(H,20,24)/t12-,14+,19+/m1/s1. The minimum absolute atomic E-state index is 0.0651. The Morgan fingerprint density at radius 1 is 1.28 bits per heavy atom. The number of rotatable bonds is 5. The van der Waals surface area contributed by atoms with Crippen LogP contribution in [0.3, 0.4) is 0 Å². The third kappa shape index (κ3) is 3.95. The number of phenolic OH excluding ortho intramolecular Hbond substituents is 2. The molecule has 1 aromatic rings. The molecule has 2 rings (SSSR count). The first kappa shape index (κ1) is 19.2. The zero-order valence-corrected chi connectivity index (χ0v) is 15.0. The summed E-state index contributed by atoms with van der Waals surface area (Å²) in [4.78, 5) is 24.9. The van der Waals surface area contributed by atoms with Crippen molar-refractivity contribution in [3.8, 4) is 11.5 Å². The molecule has 0 radical (unpaired) electrons. The third-order valence-corrected chi connectivity index (χ3v) is 5.17. The van der Waals surface area contributed by atoms with Crippen LogP contribution in [0.25, 0.3) is 0 Å². The molecule has 0 spiro atoms. The van der Waals surface area contributed by atoms with E-state index in [1.807, 2.05) is 20.8 Å². The number of aromatic hydroxyl groups is 2. The fourth-order valence-corrected chi connectivity index (χ4v) is 3.80. The Labute approximate surface area is 147 Å². The van der Waals surface area contributed by atoms with Crippen LogP contribution >= 0.6 is 0 Å². The van der Waals surface area contributed by atoms with E-state index in [0.717, 1.165) is 12.8 Å². The van der Waals surface area contributed by atoms with E-state index in [1.54, 1.807) is 0 Å². The molecule has 0 aromatic heterocycles. The van der Waals surface area contributed by atoms with Gasteiger partial charge in [-0.15, -0.1) is 0 Å². The fourth-order valence-electron chi connectivity index (χ4n) is 3.80. The van der Waals surface area contributed by atoms with Gasteiger partial charge in [-0.1, -0.05) is 33.3 Å². The molecule has 138 valence electrons. The summed E-state index contributed by atoms with van der Waals surface area (Å²) >= 11 is 0. The van der Waals surface area contributed by atoms with Gasteiger partial charge in [0, 0.05) is 0 Å². The number of carbonyl (C=O) groups excluding carboxylic acids is 2. The van der Waals surface area contributed by atoms with Crippen LogP contribution in [-0.2, 0) is 4.79 Å². The van der Waals surface area contributed by atoms with Crippen LogP contribution in [-0.4, -0.2) is 39.2 Å². The van der Waals surface area contributed by atoms with Gasteiger partial charge in [0.25, 0.3) is 5.91 Å². The highest BCUT2D eigenvalue weighted by Gasteiger charge is 2.48. The normalized spacial score (nSPS) is 26.4. The second kappa shape index (κ2) is 7.44. The lowest BCUT2D eigenvalue weighted by Crippen LogP contribution is -2.56. The van der Waals surface area contributed by atoms with Gasteiger partial charge in [-0.05, 0) is 42.7 Å². The topological polar surface area (TPSA) is 107 Å². The quantitative estimate of drug-likeness (QED) is 0.482. The second-order valence-corrected chi connectivity index (χ2v) is 7.44. The summed E-state index contributed by atoms with van der Waals surface area (Å²) in [6.45, 7) is 5.62. The largest absolute Gasteiger partial charge is 0.504 e. The highest BCUT2D eigenvalue weighted by Crippen LogP contribution is 2.41. The van der Waals surface area contributed by atoms with Crippen LogP contribution in [0.1, 0.15) is 50.4 Å². The summed E-state index contributed by atoms with van der Waals surface area (Å²) in [7, 11) is 0. The average molecular weight is 349 g/mol. The number of aliphatic hydroxyl groups is 1. The van der Waals surface area contributed by atoms with Crippen molar-refractivity contribution < 1.29 is 24.9 Å². The summed E-state index contributed by atoms with van der Waals surface area (Å²) < 4.78 is 0. The molecule has 3 atom stereocenters. The van der Waals surface area contributed by atoms with Crippen molar-refractivity contribution >= 4 is 11.7 Å². The van der Waals surface area contributed by atoms with Crippen LogP contribution < -0.4 is 5.32 Å². The molecule has 1 aliphatic carbocycles. The lowest BCUT2D eigenvalue weighted by atomic mass is 9.66. The molecule has 1 fully saturated rings. The van der Waals surface area contributed by atoms with Gasteiger partial charge in [0.15, 0.2) is 17.3 Å². The predicted molar refractivity (Wildman–Crippen MR) is 93.4 cm³/mol. The number of hydrogen-bond donors (Lipinski definition) is 4. The number of Topliss-reactive ketones (excluding diaryl/α,β-unsaturated/α-hetero) is 1. The van der Waals surface area contributed by atoms with Gasteiger partial charge in [-0.3, -0.25) is 9.59 Å². The van der Waals surface area contributed by atoms with Crippen molar-refractivity contribution in [2.75, 3.05) is 6.54 Å². The van der Waals surface area contributed by atoms with Crippen LogP contribution in [0.5, 0.6) is 11.5 Å². The lowest BCUT2D eigenvalue weighted by molar-refractivity contribution is -0.155. The molecule has 25 heavy (non-hydrogen) atoms. The first-order valence-electron chi connectivity index (χ1n) is 8.71. The molecule has 0 unspecified atom stereocenters. The molecule has 1 aromatic carbocycles. The Bertz CT molecular complexity index is 657. The molecule has 6 heteroatoms. The molecular weight excluding hydrogens is 322 g/mol. The number of hydrogen-bond acceptors (Lipinski definition) is 5. The van der Waals surface area contributed by atoms with Crippen molar-refractivity contribution in [3.63, 3.8) is 0 Å². The zero-order chi connectivity index (χ0) is 18.8. The maximum absolute atomic E-state index is 12.6. The molecule has 0 heterocycles. The number of ketones is 1. The average Bonchev–Trinajstić information content (AvgIpc) is 2.54. The van der Waals surface area contributed by atoms with E-state index in [1.165, 1.54) is 18.2 Å². The van der Waals surface area contributed by atoms with Gasteiger partial charge >= 0.3 is 0 Å².